The van der Waals surface area contributed by atoms with Crippen LogP contribution in [0.1, 0.15) is 32.1 Å². The first-order valence-corrected chi connectivity index (χ1v) is 10.6. The number of benzene rings is 1. The Balaban J connectivity index is 1.76. The number of morpholine rings is 1. The highest BCUT2D eigenvalue weighted by Gasteiger charge is 2.39. The fourth-order valence-electron chi connectivity index (χ4n) is 3.81. The Bertz CT molecular complexity index is 702. The lowest BCUT2D eigenvalue weighted by atomic mass is 9.80. The summed E-state index contributed by atoms with van der Waals surface area (Å²) in [6.07, 6.45) is 5.33. The van der Waals surface area contributed by atoms with E-state index in [0.29, 0.717) is 19.8 Å². The van der Waals surface area contributed by atoms with Gasteiger partial charge in [-0.1, -0.05) is 30.9 Å². The molecule has 5 nitrogen and oxygen atoms in total. The van der Waals surface area contributed by atoms with Crippen molar-refractivity contribution >= 4 is 21.6 Å². The van der Waals surface area contributed by atoms with Gasteiger partial charge in [0, 0.05) is 25.2 Å². The van der Waals surface area contributed by atoms with E-state index in [1.54, 1.807) is 0 Å². The minimum absolute atomic E-state index is 0.00756. The fraction of sp³-hybridized carbons (Fsp3) is 0.647. The molecule has 1 aromatic rings. The quantitative estimate of drug-likeness (QED) is 0.839. The lowest BCUT2D eigenvalue weighted by molar-refractivity contribution is -0.0348. The molecule has 1 heterocycles. The predicted octanol–water partition coefficient (Wildman–Crippen LogP) is 2.79. The van der Waals surface area contributed by atoms with E-state index in [1.807, 2.05) is 0 Å². The molecule has 140 valence electrons. The van der Waals surface area contributed by atoms with E-state index >= 15 is 0 Å². The molecule has 1 N–H and O–H groups in total. The van der Waals surface area contributed by atoms with Crippen molar-refractivity contribution in [3.63, 3.8) is 0 Å². The first kappa shape index (κ1) is 19.0. The molecule has 0 aromatic heterocycles. The molecule has 3 rings (SSSR count). The number of rotatable bonds is 5. The molecule has 0 bridgehead atoms. The van der Waals surface area contributed by atoms with Gasteiger partial charge in [-0.3, -0.25) is 4.90 Å². The monoisotopic (exact) mass is 390 g/mol. The van der Waals surface area contributed by atoms with Crippen LogP contribution in [0.3, 0.4) is 0 Å². The third-order valence-electron chi connectivity index (χ3n) is 5.26. The summed E-state index contributed by atoms with van der Waals surface area (Å²) in [5, 5.41) is -0.191. The van der Waals surface area contributed by atoms with Gasteiger partial charge < -0.3 is 4.74 Å². The normalized spacial score (nSPS) is 22.0. The standard InChI is InChI=1S/C17H24ClFN2O3S/c18-15-12-14(4-5-16(15)19)25(22,23)20-13-17(6-2-1-3-7-17)21-8-10-24-11-9-21/h4-5,12,20H,1-3,6-11,13H2. The van der Waals surface area contributed by atoms with Crippen LogP contribution in [-0.4, -0.2) is 51.7 Å². The van der Waals surface area contributed by atoms with Gasteiger partial charge in [0.15, 0.2) is 0 Å². The predicted molar refractivity (Wildman–Crippen MR) is 94.8 cm³/mol. The molecule has 8 heteroatoms. The molecule has 1 saturated carbocycles. The summed E-state index contributed by atoms with van der Waals surface area (Å²) >= 11 is 5.73. The van der Waals surface area contributed by atoms with E-state index in [1.165, 1.54) is 12.5 Å². The van der Waals surface area contributed by atoms with Crippen LogP contribution in [0, 0.1) is 5.82 Å². The van der Waals surface area contributed by atoms with E-state index < -0.39 is 15.8 Å². The van der Waals surface area contributed by atoms with Crippen LogP contribution in [0.2, 0.25) is 5.02 Å². The first-order chi connectivity index (χ1) is 11.9. The highest BCUT2D eigenvalue weighted by atomic mass is 35.5. The van der Waals surface area contributed by atoms with Crippen molar-refractivity contribution in [1.82, 2.24) is 9.62 Å². The smallest absolute Gasteiger partial charge is 0.240 e. The molecule has 2 fully saturated rings. The molecule has 1 saturated heterocycles. The third-order valence-corrected chi connectivity index (χ3v) is 6.95. The summed E-state index contributed by atoms with van der Waals surface area (Å²) in [4.78, 5) is 2.36. The minimum Gasteiger partial charge on any atom is -0.379 e. The van der Waals surface area contributed by atoms with Gasteiger partial charge in [0.1, 0.15) is 5.82 Å². The van der Waals surface area contributed by atoms with Crippen LogP contribution in [0.25, 0.3) is 0 Å². The number of nitrogens with one attached hydrogen (secondary N) is 1. The van der Waals surface area contributed by atoms with Crippen molar-refractivity contribution in [3.05, 3.63) is 29.0 Å². The minimum atomic E-state index is -3.73. The molecular weight excluding hydrogens is 367 g/mol. The van der Waals surface area contributed by atoms with Crippen molar-refractivity contribution in [2.24, 2.45) is 0 Å². The second kappa shape index (κ2) is 7.88. The van der Waals surface area contributed by atoms with Crippen LogP contribution in [0.5, 0.6) is 0 Å². The van der Waals surface area contributed by atoms with Gasteiger partial charge in [-0.2, -0.15) is 0 Å². The molecule has 1 aliphatic heterocycles. The van der Waals surface area contributed by atoms with Crippen molar-refractivity contribution in [2.75, 3.05) is 32.8 Å². The molecule has 0 radical (unpaired) electrons. The lowest BCUT2D eigenvalue weighted by Gasteiger charge is -2.48. The average molecular weight is 391 g/mol. The zero-order valence-electron chi connectivity index (χ0n) is 14.1. The molecular formula is C17H24ClFN2O3S. The molecule has 0 atom stereocenters. The van der Waals surface area contributed by atoms with Crippen LogP contribution < -0.4 is 4.72 Å². The zero-order valence-corrected chi connectivity index (χ0v) is 15.7. The second-order valence-corrected chi connectivity index (χ2v) is 8.96. The van der Waals surface area contributed by atoms with Crippen molar-refractivity contribution in [1.29, 1.82) is 0 Å². The Morgan fingerprint density at radius 1 is 1.20 bits per heavy atom. The number of hydrogen-bond donors (Lipinski definition) is 1. The number of ether oxygens (including phenoxy) is 1. The molecule has 1 aromatic carbocycles. The summed E-state index contributed by atoms with van der Waals surface area (Å²) in [5.41, 5.74) is -0.168. The molecule has 0 spiro atoms. The van der Waals surface area contributed by atoms with E-state index in [4.69, 9.17) is 16.3 Å². The summed E-state index contributed by atoms with van der Waals surface area (Å²) in [5.74, 6) is -0.627. The molecule has 1 aliphatic carbocycles. The van der Waals surface area contributed by atoms with Gasteiger partial charge in [-0.15, -0.1) is 0 Å². The van der Waals surface area contributed by atoms with Gasteiger partial charge in [0.2, 0.25) is 10.0 Å². The summed E-state index contributed by atoms with van der Waals surface area (Å²) < 4.78 is 46.7. The van der Waals surface area contributed by atoms with Crippen LogP contribution >= 0.6 is 11.6 Å². The SMILES string of the molecule is O=S(=O)(NCC1(N2CCOCC2)CCCCC1)c1ccc(F)c(Cl)c1. The van der Waals surface area contributed by atoms with Gasteiger partial charge in [-0.25, -0.2) is 17.5 Å². The number of hydrogen-bond acceptors (Lipinski definition) is 4. The van der Waals surface area contributed by atoms with Crippen molar-refractivity contribution in [2.45, 2.75) is 42.5 Å². The van der Waals surface area contributed by atoms with Gasteiger partial charge >= 0.3 is 0 Å². The van der Waals surface area contributed by atoms with Crippen LogP contribution in [-0.2, 0) is 14.8 Å². The van der Waals surface area contributed by atoms with Gasteiger partial charge in [0.25, 0.3) is 0 Å². The molecule has 2 aliphatic rings. The lowest BCUT2D eigenvalue weighted by Crippen LogP contribution is -2.59. The van der Waals surface area contributed by atoms with E-state index in [0.717, 1.165) is 50.9 Å². The first-order valence-electron chi connectivity index (χ1n) is 8.71. The Morgan fingerprint density at radius 2 is 1.88 bits per heavy atom. The molecule has 0 unspecified atom stereocenters. The second-order valence-electron chi connectivity index (χ2n) is 6.78. The molecule has 25 heavy (non-hydrogen) atoms. The number of halogens is 2. The Hall–Kier alpha value is -0.730. The maximum atomic E-state index is 13.3. The highest BCUT2D eigenvalue weighted by molar-refractivity contribution is 7.89. The van der Waals surface area contributed by atoms with Gasteiger partial charge in [0.05, 0.1) is 23.1 Å². The Morgan fingerprint density at radius 3 is 2.52 bits per heavy atom. The van der Waals surface area contributed by atoms with Crippen LogP contribution in [0.15, 0.2) is 23.1 Å². The number of nitrogens with zero attached hydrogens (tertiary/aromatic N) is 1. The van der Waals surface area contributed by atoms with Gasteiger partial charge in [-0.05, 0) is 31.0 Å². The van der Waals surface area contributed by atoms with E-state index in [2.05, 4.69) is 9.62 Å². The number of sulfonamides is 1. The average Bonchev–Trinajstić information content (AvgIpc) is 2.64. The highest BCUT2D eigenvalue weighted by Crippen LogP contribution is 2.34. The van der Waals surface area contributed by atoms with E-state index in [-0.39, 0.29) is 15.5 Å². The Labute approximate surface area is 153 Å². The van der Waals surface area contributed by atoms with Crippen molar-refractivity contribution < 1.29 is 17.5 Å². The van der Waals surface area contributed by atoms with E-state index in [9.17, 15) is 12.8 Å². The maximum absolute atomic E-state index is 13.3. The Kier molecular flexibility index (Phi) is 6.00. The topological polar surface area (TPSA) is 58.6 Å². The van der Waals surface area contributed by atoms with Crippen molar-refractivity contribution in [3.8, 4) is 0 Å². The van der Waals surface area contributed by atoms with Crippen LogP contribution in [0.4, 0.5) is 4.39 Å². The summed E-state index contributed by atoms with van der Waals surface area (Å²) in [6.45, 7) is 3.36. The zero-order chi connectivity index (χ0) is 17.9. The fourth-order valence-corrected chi connectivity index (χ4v) is 5.20. The summed E-state index contributed by atoms with van der Waals surface area (Å²) in [6, 6.07) is 3.47. The third kappa shape index (κ3) is 4.34. The maximum Gasteiger partial charge on any atom is 0.240 e. The molecule has 0 amide bonds. The summed E-state index contributed by atoms with van der Waals surface area (Å²) in [7, 11) is -3.73. The largest absolute Gasteiger partial charge is 0.379 e.